The molecule has 3 aliphatic rings. The van der Waals surface area contributed by atoms with Crippen LogP contribution in [0.2, 0.25) is 0 Å². The number of nitrogens with zero attached hydrogens (tertiary/aromatic N) is 1. The molecule has 2 N–H and O–H groups in total. The van der Waals surface area contributed by atoms with Gasteiger partial charge in [0.15, 0.2) is 0 Å². The number of alkyl halides is 1. The number of amides is 2. The number of likely N-dealkylation sites (tertiary alicyclic amines) is 1. The molecule has 34 heavy (non-hydrogen) atoms. The second-order valence-corrected chi connectivity index (χ2v) is 12.3. The van der Waals surface area contributed by atoms with Crippen molar-refractivity contribution in [1.82, 2.24) is 4.90 Å². The highest BCUT2D eigenvalue weighted by Crippen LogP contribution is 2.67. The Morgan fingerprint density at radius 1 is 1.29 bits per heavy atom. The Bertz CT molecular complexity index is 975. The van der Waals surface area contributed by atoms with Crippen LogP contribution < -0.4 is 5.32 Å². The van der Waals surface area contributed by atoms with Crippen LogP contribution in [0.5, 0.6) is 0 Å². The zero-order valence-electron chi connectivity index (χ0n) is 19.9. The molecule has 6 atom stereocenters. The Labute approximate surface area is 213 Å². The number of thioether (sulfide) groups is 1. The normalized spacial score (nSPS) is 31.6. The lowest BCUT2D eigenvalue weighted by Crippen LogP contribution is -2.52. The molecule has 7 nitrogen and oxygen atoms in total. The second kappa shape index (κ2) is 10.2. The number of benzene rings is 1. The van der Waals surface area contributed by atoms with E-state index in [1.807, 2.05) is 32.0 Å². The van der Waals surface area contributed by atoms with Gasteiger partial charge in [0.05, 0.1) is 23.2 Å². The van der Waals surface area contributed by atoms with E-state index < -0.39 is 22.6 Å². The molecule has 2 bridgehead atoms. The fourth-order valence-electron chi connectivity index (χ4n) is 5.82. The molecule has 1 aromatic rings. The quantitative estimate of drug-likeness (QED) is 0.277. The number of nitrogens with one attached hydrogen (secondary N) is 1. The van der Waals surface area contributed by atoms with Gasteiger partial charge in [-0.25, -0.2) is 0 Å². The summed E-state index contributed by atoms with van der Waals surface area (Å²) in [7, 11) is 0. The first-order valence-electron chi connectivity index (χ1n) is 12.0. The summed E-state index contributed by atoms with van der Waals surface area (Å²) < 4.78 is 4.70. The first kappa shape index (κ1) is 25.5. The number of carbonyl (C=O) groups excluding carboxylic acids is 3. The first-order valence-corrected chi connectivity index (χ1v) is 13.8. The molecule has 4 rings (SSSR count). The third-order valence-electron chi connectivity index (χ3n) is 7.30. The molecular weight excluding hydrogens is 520 g/mol. The minimum atomic E-state index is -0.674. The predicted molar refractivity (Wildman–Crippen MR) is 136 cm³/mol. The Kier molecular flexibility index (Phi) is 7.64. The topological polar surface area (TPSA) is 95.9 Å². The number of rotatable bonds is 9. The predicted octanol–water partition coefficient (Wildman–Crippen LogP) is 3.43. The highest BCUT2D eigenvalue weighted by molar-refractivity contribution is 9.09. The smallest absolute Gasteiger partial charge is 0.310 e. The number of halogens is 1. The standard InChI is InChI=1S/C25H33BrN2O5S/c1-4-33-24(32)18-19-23(31)28(10-6-5-7-11-29)21(25(19)13-16(26)20(18)34-25)22(30)27-17-12-14(2)8-9-15(17)3/h8-9,12,16,18-21,29H,4-7,10-11,13H2,1-3H3,(H,27,30)/t16?,18-,19-,20-,21?,25?/m0/s1. The van der Waals surface area contributed by atoms with Gasteiger partial charge in [0.2, 0.25) is 11.8 Å². The van der Waals surface area contributed by atoms with E-state index in [2.05, 4.69) is 21.2 Å². The van der Waals surface area contributed by atoms with E-state index >= 15 is 0 Å². The molecule has 3 fully saturated rings. The van der Waals surface area contributed by atoms with E-state index in [9.17, 15) is 14.4 Å². The zero-order valence-corrected chi connectivity index (χ0v) is 22.3. The highest BCUT2D eigenvalue weighted by atomic mass is 79.9. The zero-order chi connectivity index (χ0) is 24.6. The van der Waals surface area contributed by atoms with E-state index in [1.54, 1.807) is 23.6 Å². The van der Waals surface area contributed by atoms with Crippen LogP contribution in [0.1, 0.15) is 43.7 Å². The number of esters is 1. The number of aliphatic hydroxyl groups excluding tert-OH is 1. The lowest BCUT2D eigenvalue weighted by Gasteiger charge is -2.35. The van der Waals surface area contributed by atoms with Crippen molar-refractivity contribution in [2.24, 2.45) is 11.8 Å². The molecule has 2 amide bonds. The molecule has 0 saturated carbocycles. The number of aryl methyl sites for hydroxylation is 2. The summed E-state index contributed by atoms with van der Waals surface area (Å²) >= 11 is 5.36. The van der Waals surface area contributed by atoms with E-state index in [-0.39, 0.29) is 41.1 Å². The molecule has 9 heteroatoms. The molecule has 0 aliphatic carbocycles. The summed E-state index contributed by atoms with van der Waals surface area (Å²) in [5.74, 6) is -1.81. The Morgan fingerprint density at radius 3 is 2.76 bits per heavy atom. The Balaban J connectivity index is 1.69. The van der Waals surface area contributed by atoms with Gasteiger partial charge < -0.3 is 20.1 Å². The largest absolute Gasteiger partial charge is 0.466 e. The first-order chi connectivity index (χ1) is 16.2. The van der Waals surface area contributed by atoms with Gasteiger partial charge in [-0.15, -0.1) is 11.8 Å². The maximum absolute atomic E-state index is 13.9. The van der Waals surface area contributed by atoms with Gasteiger partial charge in [-0.3, -0.25) is 14.4 Å². The highest BCUT2D eigenvalue weighted by Gasteiger charge is 2.75. The van der Waals surface area contributed by atoms with Crippen molar-refractivity contribution in [3.8, 4) is 0 Å². The molecule has 3 aliphatic heterocycles. The number of ether oxygens (including phenoxy) is 1. The number of hydrogen-bond donors (Lipinski definition) is 2. The third kappa shape index (κ3) is 4.28. The number of aliphatic hydroxyl groups is 1. The van der Waals surface area contributed by atoms with E-state index in [0.29, 0.717) is 25.8 Å². The number of hydrogen-bond acceptors (Lipinski definition) is 6. The molecule has 1 aromatic carbocycles. The van der Waals surface area contributed by atoms with Gasteiger partial charge in [-0.05, 0) is 63.6 Å². The van der Waals surface area contributed by atoms with Gasteiger partial charge in [0.1, 0.15) is 6.04 Å². The Hall–Kier alpha value is -1.58. The van der Waals surface area contributed by atoms with Crippen LogP contribution in [-0.2, 0) is 19.1 Å². The van der Waals surface area contributed by atoms with Crippen molar-refractivity contribution in [2.45, 2.75) is 67.3 Å². The molecule has 186 valence electrons. The lowest BCUT2D eigenvalue weighted by atomic mass is 9.71. The second-order valence-electron chi connectivity index (χ2n) is 9.54. The molecule has 0 aromatic heterocycles. The van der Waals surface area contributed by atoms with Crippen molar-refractivity contribution >= 4 is 51.2 Å². The minimum Gasteiger partial charge on any atom is -0.466 e. The van der Waals surface area contributed by atoms with E-state index in [1.165, 1.54) is 0 Å². The SMILES string of the molecule is CCOC(=O)[C@H]1[C@H]2C(=O)N(CCCCCO)C(C(=O)Nc3cc(C)ccc3C)C23CC(Br)[C@@H]1S3. The Morgan fingerprint density at radius 2 is 2.06 bits per heavy atom. The number of fused-ring (bicyclic) bond motifs is 1. The maximum atomic E-state index is 13.9. The van der Waals surface area contributed by atoms with Crippen LogP contribution in [0.4, 0.5) is 5.69 Å². The summed E-state index contributed by atoms with van der Waals surface area (Å²) in [5, 5.41) is 12.2. The molecular formula is C25H33BrN2O5S. The van der Waals surface area contributed by atoms with Crippen molar-refractivity contribution in [3.05, 3.63) is 29.3 Å². The third-order valence-corrected chi connectivity index (χ3v) is 10.5. The minimum absolute atomic E-state index is 0.0290. The van der Waals surface area contributed by atoms with Crippen LogP contribution in [-0.4, -0.2) is 68.4 Å². The average Bonchev–Trinajstić information content (AvgIpc) is 3.37. The lowest BCUT2D eigenvalue weighted by molar-refractivity contribution is -0.153. The van der Waals surface area contributed by atoms with Gasteiger partial charge in [0, 0.05) is 28.9 Å². The van der Waals surface area contributed by atoms with E-state index in [4.69, 9.17) is 9.84 Å². The fraction of sp³-hybridized carbons (Fsp3) is 0.640. The van der Waals surface area contributed by atoms with Crippen molar-refractivity contribution in [3.63, 3.8) is 0 Å². The summed E-state index contributed by atoms with van der Waals surface area (Å²) in [5.41, 5.74) is 2.74. The van der Waals surface area contributed by atoms with Crippen LogP contribution in [0.25, 0.3) is 0 Å². The fourth-order valence-corrected chi connectivity index (χ4v) is 9.42. The summed E-state index contributed by atoms with van der Waals surface area (Å²) in [6, 6.07) is 5.24. The monoisotopic (exact) mass is 552 g/mol. The average molecular weight is 554 g/mol. The van der Waals surface area contributed by atoms with Gasteiger partial charge in [-0.1, -0.05) is 28.1 Å². The van der Waals surface area contributed by atoms with Crippen LogP contribution >= 0.6 is 27.7 Å². The van der Waals surface area contributed by atoms with Crippen molar-refractivity contribution < 1.29 is 24.2 Å². The molecule has 3 heterocycles. The summed E-state index contributed by atoms with van der Waals surface area (Å²) in [6.07, 6.45) is 2.76. The molecule has 0 radical (unpaired) electrons. The molecule has 1 spiro atoms. The van der Waals surface area contributed by atoms with Gasteiger partial charge >= 0.3 is 5.97 Å². The summed E-state index contributed by atoms with van der Waals surface area (Å²) in [4.78, 5) is 42.4. The van der Waals surface area contributed by atoms with Crippen molar-refractivity contribution in [1.29, 1.82) is 0 Å². The van der Waals surface area contributed by atoms with Crippen LogP contribution in [0.15, 0.2) is 18.2 Å². The van der Waals surface area contributed by atoms with Gasteiger partial charge in [0.25, 0.3) is 0 Å². The number of unbranched alkanes of at least 4 members (excludes halogenated alkanes) is 2. The molecule has 3 saturated heterocycles. The van der Waals surface area contributed by atoms with Crippen molar-refractivity contribution in [2.75, 3.05) is 25.1 Å². The van der Waals surface area contributed by atoms with Crippen LogP contribution in [0, 0.1) is 25.7 Å². The van der Waals surface area contributed by atoms with Crippen LogP contribution in [0.3, 0.4) is 0 Å². The van der Waals surface area contributed by atoms with Gasteiger partial charge in [-0.2, -0.15) is 0 Å². The van der Waals surface area contributed by atoms with E-state index in [0.717, 1.165) is 23.2 Å². The molecule has 3 unspecified atom stereocenters. The maximum Gasteiger partial charge on any atom is 0.310 e. The summed E-state index contributed by atoms with van der Waals surface area (Å²) in [6.45, 7) is 6.48. The number of anilines is 1. The number of carbonyl (C=O) groups is 3.